The van der Waals surface area contributed by atoms with Gasteiger partial charge < -0.3 is 0 Å². The van der Waals surface area contributed by atoms with Crippen molar-refractivity contribution in [2.45, 2.75) is 0 Å². The number of rotatable bonds is 1. The fourth-order valence-corrected chi connectivity index (χ4v) is 1.27. The van der Waals surface area contributed by atoms with E-state index in [4.69, 9.17) is 10.5 Å². The molecule has 1 aromatic heterocycles. The lowest BCUT2D eigenvalue weighted by molar-refractivity contribution is 0.559. The first-order valence-electron chi connectivity index (χ1n) is 4.37. The molecule has 0 aliphatic heterocycles. The average Bonchev–Trinajstić information content (AvgIpc) is 2.76. The predicted octanol–water partition coefficient (Wildman–Crippen LogP) is 1.29. The summed E-state index contributed by atoms with van der Waals surface area (Å²) in [5.74, 6) is -2.10. The van der Waals surface area contributed by atoms with Gasteiger partial charge in [0.25, 0.3) is 5.82 Å². The van der Waals surface area contributed by atoms with E-state index in [0.29, 0.717) is 0 Å². The van der Waals surface area contributed by atoms with Crippen molar-refractivity contribution in [1.82, 2.24) is 14.8 Å². The molecule has 0 bridgehead atoms. The van der Waals surface area contributed by atoms with Gasteiger partial charge in [-0.05, 0) is 12.1 Å². The van der Waals surface area contributed by atoms with Crippen LogP contribution in [0.3, 0.4) is 0 Å². The minimum absolute atomic E-state index is 0.135. The summed E-state index contributed by atoms with van der Waals surface area (Å²) in [5.41, 5.74) is -0.609. The van der Waals surface area contributed by atoms with Gasteiger partial charge in [-0.25, -0.2) is 18.4 Å². The first kappa shape index (κ1) is 10.7. The van der Waals surface area contributed by atoms with Crippen molar-refractivity contribution in [2.24, 2.45) is 0 Å². The molecule has 17 heavy (non-hydrogen) atoms. The Balaban J connectivity index is 2.61. The maximum atomic E-state index is 13.5. The lowest BCUT2D eigenvalue weighted by atomic mass is 10.2. The van der Waals surface area contributed by atoms with Gasteiger partial charge in [-0.1, -0.05) is 0 Å². The van der Waals surface area contributed by atoms with Crippen molar-refractivity contribution in [3.8, 4) is 17.8 Å². The molecule has 7 heteroatoms. The third-order valence-electron chi connectivity index (χ3n) is 1.97. The van der Waals surface area contributed by atoms with Gasteiger partial charge in [0.1, 0.15) is 18.1 Å². The summed E-state index contributed by atoms with van der Waals surface area (Å²) in [7, 11) is 0. The molecule has 0 aliphatic rings. The summed E-state index contributed by atoms with van der Waals surface area (Å²) >= 11 is 0. The maximum Gasteiger partial charge on any atom is 0.252 e. The molecule has 0 radical (unpaired) electrons. The highest BCUT2D eigenvalue weighted by atomic mass is 19.1. The number of hydrogen-bond donors (Lipinski definition) is 0. The largest absolute Gasteiger partial charge is 0.252 e. The van der Waals surface area contributed by atoms with Gasteiger partial charge in [-0.2, -0.15) is 10.5 Å². The summed E-state index contributed by atoms with van der Waals surface area (Å²) < 4.78 is 27.9. The van der Waals surface area contributed by atoms with Crippen LogP contribution >= 0.6 is 0 Å². The van der Waals surface area contributed by atoms with E-state index in [2.05, 4.69) is 10.1 Å². The molecular formula is C10H3F2N5. The van der Waals surface area contributed by atoms with Gasteiger partial charge in [-0.3, -0.25) is 0 Å². The second kappa shape index (κ2) is 3.99. The Bertz CT molecular complexity index is 639. The number of nitrogens with zero attached hydrogens (tertiary/aromatic N) is 5. The molecule has 0 atom stereocenters. The topological polar surface area (TPSA) is 78.3 Å². The van der Waals surface area contributed by atoms with Gasteiger partial charge in [-0.15, -0.1) is 5.10 Å². The summed E-state index contributed by atoms with van der Waals surface area (Å²) in [4.78, 5) is 3.53. The molecule has 0 fully saturated rings. The Kier molecular flexibility index (Phi) is 2.51. The third-order valence-corrected chi connectivity index (χ3v) is 1.97. The van der Waals surface area contributed by atoms with Crippen molar-refractivity contribution in [3.63, 3.8) is 0 Å². The third kappa shape index (κ3) is 1.82. The molecule has 82 valence electrons. The number of aromatic nitrogens is 3. The van der Waals surface area contributed by atoms with Crippen molar-refractivity contribution in [3.05, 3.63) is 41.5 Å². The molecular weight excluding hydrogens is 228 g/mol. The quantitative estimate of drug-likeness (QED) is 0.740. The van der Waals surface area contributed by atoms with Gasteiger partial charge in [0.15, 0.2) is 11.6 Å². The van der Waals surface area contributed by atoms with E-state index in [0.717, 1.165) is 23.1 Å². The smallest absolute Gasteiger partial charge is 0.214 e. The molecule has 1 aromatic carbocycles. The van der Waals surface area contributed by atoms with Crippen LogP contribution in [-0.2, 0) is 0 Å². The number of nitriles is 2. The summed E-state index contributed by atoms with van der Waals surface area (Å²) in [6, 6.07) is 5.03. The molecule has 1 heterocycles. The van der Waals surface area contributed by atoms with Gasteiger partial charge in [0.2, 0.25) is 0 Å². The van der Waals surface area contributed by atoms with E-state index < -0.39 is 17.3 Å². The molecule has 0 spiro atoms. The van der Waals surface area contributed by atoms with Crippen molar-refractivity contribution < 1.29 is 8.78 Å². The fraction of sp³-hybridized carbons (Fsp3) is 0. The van der Waals surface area contributed by atoms with Crippen LogP contribution in [0, 0.1) is 34.3 Å². The van der Waals surface area contributed by atoms with Crippen LogP contribution in [-0.4, -0.2) is 14.8 Å². The Hall–Kier alpha value is -2.80. The van der Waals surface area contributed by atoms with Crippen molar-refractivity contribution in [1.29, 1.82) is 10.5 Å². The monoisotopic (exact) mass is 231 g/mol. The first-order valence-corrected chi connectivity index (χ1v) is 4.37. The molecule has 0 saturated heterocycles. The first-order chi connectivity index (χ1) is 8.15. The maximum absolute atomic E-state index is 13.5. The number of halogens is 2. The zero-order valence-electron chi connectivity index (χ0n) is 8.22. The van der Waals surface area contributed by atoms with Crippen LogP contribution in [0.5, 0.6) is 0 Å². The average molecular weight is 231 g/mol. The lowest BCUT2D eigenvalue weighted by Crippen LogP contribution is -2.03. The molecule has 0 saturated carbocycles. The van der Waals surface area contributed by atoms with E-state index >= 15 is 0 Å². The van der Waals surface area contributed by atoms with E-state index in [1.807, 2.05) is 0 Å². The van der Waals surface area contributed by atoms with Gasteiger partial charge in [0, 0.05) is 0 Å². The van der Waals surface area contributed by atoms with Crippen LogP contribution in [0.4, 0.5) is 8.78 Å². The van der Waals surface area contributed by atoms with Crippen LogP contribution in [0.1, 0.15) is 11.4 Å². The second-order valence-electron chi connectivity index (χ2n) is 3.02. The summed E-state index contributed by atoms with van der Waals surface area (Å²) in [5, 5.41) is 20.6. The van der Waals surface area contributed by atoms with Gasteiger partial charge >= 0.3 is 0 Å². The van der Waals surface area contributed by atoms with Crippen molar-refractivity contribution in [2.75, 3.05) is 0 Å². The minimum atomic E-state index is -0.948. The Labute approximate surface area is 94.2 Å². The predicted molar refractivity (Wildman–Crippen MR) is 50.7 cm³/mol. The van der Waals surface area contributed by atoms with Crippen LogP contribution in [0.15, 0.2) is 18.5 Å². The van der Waals surface area contributed by atoms with Gasteiger partial charge in [0.05, 0.1) is 11.6 Å². The van der Waals surface area contributed by atoms with E-state index in [1.165, 1.54) is 0 Å². The number of benzene rings is 1. The van der Waals surface area contributed by atoms with E-state index in [9.17, 15) is 8.78 Å². The zero-order valence-corrected chi connectivity index (χ0v) is 8.22. The molecule has 0 amide bonds. The highest BCUT2D eigenvalue weighted by Gasteiger charge is 2.14. The SMILES string of the molecule is N#Cc1cc(F)c(-n2cnc(C#N)n2)c(F)c1. The normalized spacial score (nSPS) is 9.65. The fourth-order valence-electron chi connectivity index (χ4n) is 1.27. The Morgan fingerprint density at radius 1 is 1.12 bits per heavy atom. The molecule has 0 N–H and O–H groups in total. The summed E-state index contributed by atoms with van der Waals surface area (Å²) in [6.07, 6.45) is 1.02. The lowest BCUT2D eigenvalue weighted by Gasteiger charge is -2.03. The van der Waals surface area contributed by atoms with Crippen molar-refractivity contribution >= 4 is 0 Å². The van der Waals surface area contributed by atoms with Crippen LogP contribution in [0.25, 0.3) is 5.69 Å². The molecule has 0 unspecified atom stereocenters. The molecule has 0 aliphatic carbocycles. The van der Waals surface area contributed by atoms with Crippen LogP contribution in [0.2, 0.25) is 0 Å². The zero-order chi connectivity index (χ0) is 12.4. The Morgan fingerprint density at radius 2 is 1.76 bits per heavy atom. The van der Waals surface area contributed by atoms with E-state index in [-0.39, 0.29) is 11.4 Å². The minimum Gasteiger partial charge on any atom is -0.214 e. The standard InChI is InChI=1S/C10H3F2N5/c11-7-1-6(3-13)2-8(12)10(7)17-5-15-9(4-14)16-17/h1-2,5H. The summed E-state index contributed by atoms with van der Waals surface area (Å²) in [6.45, 7) is 0. The van der Waals surface area contributed by atoms with E-state index in [1.54, 1.807) is 12.1 Å². The molecule has 2 aromatic rings. The van der Waals surface area contributed by atoms with Crippen LogP contribution < -0.4 is 0 Å². The second-order valence-corrected chi connectivity index (χ2v) is 3.02. The number of hydrogen-bond acceptors (Lipinski definition) is 4. The molecule has 5 nitrogen and oxygen atoms in total. The Morgan fingerprint density at radius 3 is 2.24 bits per heavy atom. The highest BCUT2D eigenvalue weighted by molar-refractivity contribution is 5.41. The highest BCUT2D eigenvalue weighted by Crippen LogP contribution is 2.18. The molecule has 2 rings (SSSR count).